The van der Waals surface area contributed by atoms with Crippen molar-refractivity contribution in [3.63, 3.8) is 0 Å². The molecule has 0 radical (unpaired) electrons. The van der Waals surface area contributed by atoms with E-state index in [0.717, 1.165) is 25.2 Å². The lowest BCUT2D eigenvalue weighted by Gasteiger charge is -2.28. The second-order valence-corrected chi connectivity index (χ2v) is 8.78. The summed E-state index contributed by atoms with van der Waals surface area (Å²) in [6.07, 6.45) is 14.8. The minimum absolute atomic E-state index is 0.000148. The smallest absolute Gasteiger partial charge is 0.201 e. The minimum atomic E-state index is -0.894. The van der Waals surface area contributed by atoms with Crippen molar-refractivity contribution in [3.8, 4) is 16.9 Å². The van der Waals surface area contributed by atoms with Gasteiger partial charge in [-0.2, -0.15) is 4.39 Å². The van der Waals surface area contributed by atoms with E-state index in [1.807, 2.05) is 12.1 Å². The average molecular weight is 427 g/mol. The highest BCUT2D eigenvalue weighted by molar-refractivity contribution is 5.65. The highest BCUT2D eigenvalue weighted by Crippen LogP contribution is 2.38. The molecule has 168 valence electrons. The first-order valence-electron chi connectivity index (χ1n) is 12.0. The summed E-state index contributed by atoms with van der Waals surface area (Å²) < 4.78 is 34.6. The molecular formula is C28H36F2O. The Bertz CT molecular complexity index is 833. The molecule has 0 heterocycles. The number of halogens is 2. The Morgan fingerprint density at radius 3 is 2.35 bits per heavy atom. The first-order chi connectivity index (χ1) is 15.1. The molecule has 0 atom stereocenters. The van der Waals surface area contributed by atoms with E-state index in [-0.39, 0.29) is 11.3 Å². The van der Waals surface area contributed by atoms with Crippen molar-refractivity contribution in [1.29, 1.82) is 0 Å². The van der Waals surface area contributed by atoms with Gasteiger partial charge in [0.05, 0.1) is 6.61 Å². The van der Waals surface area contributed by atoms with Gasteiger partial charge in [-0.15, -0.1) is 0 Å². The normalized spacial score (nSPS) is 19.1. The van der Waals surface area contributed by atoms with Crippen molar-refractivity contribution in [3.05, 3.63) is 65.7 Å². The van der Waals surface area contributed by atoms with Gasteiger partial charge in [-0.25, -0.2) is 4.39 Å². The SMILES string of the molecule is C/C=C/CCC1CCC(c2ccc(-c3ccc(OCCCCC)c(F)c3F)cc2)CC1. The molecule has 1 nitrogen and oxygen atoms in total. The predicted octanol–water partition coefficient (Wildman–Crippen LogP) is 8.83. The zero-order chi connectivity index (χ0) is 22.1. The van der Waals surface area contributed by atoms with Gasteiger partial charge in [0.15, 0.2) is 11.6 Å². The number of unbranched alkanes of at least 4 members (excludes halogenated alkanes) is 2. The lowest BCUT2D eigenvalue weighted by molar-refractivity contribution is 0.286. The molecule has 0 unspecified atom stereocenters. The fraction of sp³-hybridized carbons (Fsp3) is 0.500. The first kappa shape index (κ1) is 23.5. The van der Waals surface area contributed by atoms with Crippen LogP contribution in [0.4, 0.5) is 8.78 Å². The molecule has 1 saturated carbocycles. The fourth-order valence-corrected chi connectivity index (χ4v) is 4.62. The van der Waals surface area contributed by atoms with E-state index in [0.29, 0.717) is 18.1 Å². The summed E-state index contributed by atoms with van der Waals surface area (Å²) in [5.41, 5.74) is 2.31. The number of rotatable bonds is 10. The van der Waals surface area contributed by atoms with Gasteiger partial charge in [-0.05, 0) is 87.0 Å². The molecule has 0 bridgehead atoms. The van der Waals surface area contributed by atoms with E-state index in [1.54, 1.807) is 12.1 Å². The molecule has 31 heavy (non-hydrogen) atoms. The predicted molar refractivity (Wildman–Crippen MR) is 126 cm³/mol. The molecule has 0 spiro atoms. The van der Waals surface area contributed by atoms with Crippen molar-refractivity contribution in [1.82, 2.24) is 0 Å². The molecule has 0 aliphatic heterocycles. The van der Waals surface area contributed by atoms with Crippen LogP contribution in [0.3, 0.4) is 0 Å². The number of allylic oxidation sites excluding steroid dienone is 2. The largest absolute Gasteiger partial charge is 0.490 e. The first-order valence-corrected chi connectivity index (χ1v) is 12.0. The number of benzene rings is 2. The van der Waals surface area contributed by atoms with Crippen LogP contribution in [0.5, 0.6) is 5.75 Å². The standard InChI is InChI=1S/C28H36F2O/c1-3-5-7-9-21-10-12-22(13-11-21)23-14-16-24(17-15-23)25-18-19-26(28(30)27(25)29)31-20-8-6-4-2/h3,5,14-19,21-22H,4,6-13,20H2,1-2H3/b5-3+. The van der Waals surface area contributed by atoms with Gasteiger partial charge in [-0.3, -0.25) is 0 Å². The van der Waals surface area contributed by atoms with E-state index in [2.05, 4.69) is 38.1 Å². The van der Waals surface area contributed by atoms with E-state index in [4.69, 9.17) is 4.74 Å². The second kappa shape index (κ2) is 12.0. The maximum atomic E-state index is 14.7. The molecule has 2 aromatic rings. The van der Waals surface area contributed by atoms with Crippen LogP contribution in [0.1, 0.15) is 83.1 Å². The van der Waals surface area contributed by atoms with Crippen LogP contribution in [-0.4, -0.2) is 6.61 Å². The summed E-state index contributed by atoms with van der Waals surface area (Å²) in [7, 11) is 0. The van der Waals surface area contributed by atoms with Crippen LogP contribution in [0.25, 0.3) is 11.1 Å². The van der Waals surface area contributed by atoms with Gasteiger partial charge < -0.3 is 4.74 Å². The third-order valence-corrected chi connectivity index (χ3v) is 6.57. The zero-order valence-electron chi connectivity index (χ0n) is 19.0. The summed E-state index contributed by atoms with van der Waals surface area (Å²) >= 11 is 0. The van der Waals surface area contributed by atoms with Crippen molar-refractivity contribution >= 4 is 0 Å². The Morgan fingerprint density at radius 2 is 1.68 bits per heavy atom. The highest BCUT2D eigenvalue weighted by Gasteiger charge is 2.22. The lowest BCUT2D eigenvalue weighted by atomic mass is 9.77. The second-order valence-electron chi connectivity index (χ2n) is 8.78. The average Bonchev–Trinajstić information content (AvgIpc) is 2.80. The molecule has 1 aliphatic rings. The van der Waals surface area contributed by atoms with Gasteiger partial charge in [0.1, 0.15) is 0 Å². The number of ether oxygens (including phenoxy) is 1. The Balaban J connectivity index is 1.60. The minimum Gasteiger partial charge on any atom is -0.490 e. The van der Waals surface area contributed by atoms with E-state index in [9.17, 15) is 8.78 Å². The van der Waals surface area contributed by atoms with Crippen LogP contribution in [-0.2, 0) is 0 Å². The topological polar surface area (TPSA) is 9.23 Å². The summed E-state index contributed by atoms with van der Waals surface area (Å²) in [6, 6.07) is 11.2. The zero-order valence-corrected chi connectivity index (χ0v) is 19.0. The van der Waals surface area contributed by atoms with Crippen LogP contribution in [0.2, 0.25) is 0 Å². The van der Waals surface area contributed by atoms with Crippen molar-refractivity contribution in [2.24, 2.45) is 5.92 Å². The van der Waals surface area contributed by atoms with Gasteiger partial charge in [0, 0.05) is 5.56 Å². The van der Waals surface area contributed by atoms with Gasteiger partial charge in [0.2, 0.25) is 5.82 Å². The molecule has 3 heteroatoms. The van der Waals surface area contributed by atoms with E-state index >= 15 is 0 Å². The number of hydrogen-bond acceptors (Lipinski definition) is 1. The molecule has 1 aliphatic carbocycles. The molecule has 0 aromatic heterocycles. The Kier molecular flexibility index (Phi) is 9.12. The van der Waals surface area contributed by atoms with Crippen LogP contribution in [0, 0.1) is 17.6 Å². The summed E-state index contributed by atoms with van der Waals surface area (Å²) in [4.78, 5) is 0. The van der Waals surface area contributed by atoms with Crippen LogP contribution in [0.15, 0.2) is 48.6 Å². The third kappa shape index (κ3) is 6.41. The van der Waals surface area contributed by atoms with Gasteiger partial charge in [0.25, 0.3) is 0 Å². The summed E-state index contributed by atoms with van der Waals surface area (Å²) in [5.74, 6) is -0.309. The summed E-state index contributed by atoms with van der Waals surface area (Å²) in [5, 5.41) is 0. The monoisotopic (exact) mass is 426 g/mol. The van der Waals surface area contributed by atoms with Crippen LogP contribution < -0.4 is 4.74 Å². The van der Waals surface area contributed by atoms with Crippen molar-refractivity contribution in [2.75, 3.05) is 6.61 Å². The molecule has 2 aromatic carbocycles. The molecule has 0 amide bonds. The lowest BCUT2D eigenvalue weighted by Crippen LogP contribution is -2.13. The molecule has 0 saturated heterocycles. The molecular weight excluding hydrogens is 390 g/mol. The van der Waals surface area contributed by atoms with Gasteiger partial charge in [-0.1, -0.05) is 56.2 Å². The maximum absolute atomic E-state index is 14.7. The van der Waals surface area contributed by atoms with Crippen molar-refractivity contribution < 1.29 is 13.5 Å². The maximum Gasteiger partial charge on any atom is 0.201 e. The van der Waals surface area contributed by atoms with E-state index in [1.165, 1.54) is 44.1 Å². The van der Waals surface area contributed by atoms with Gasteiger partial charge >= 0.3 is 0 Å². The summed E-state index contributed by atoms with van der Waals surface area (Å²) in [6.45, 7) is 4.59. The van der Waals surface area contributed by atoms with E-state index < -0.39 is 11.6 Å². The highest BCUT2D eigenvalue weighted by atomic mass is 19.2. The quantitative estimate of drug-likeness (QED) is 0.272. The number of hydrogen-bond donors (Lipinski definition) is 0. The molecule has 0 N–H and O–H groups in total. The van der Waals surface area contributed by atoms with Crippen molar-refractivity contribution in [2.45, 2.75) is 77.6 Å². The Hall–Kier alpha value is -2.16. The third-order valence-electron chi connectivity index (χ3n) is 6.57. The fourth-order valence-electron chi connectivity index (χ4n) is 4.62. The van der Waals surface area contributed by atoms with Crippen LogP contribution >= 0.6 is 0 Å². The molecule has 1 fully saturated rings. The molecule has 3 rings (SSSR count). The Labute approximate surface area is 186 Å². The Morgan fingerprint density at radius 1 is 0.935 bits per heavy atom.